The third kappa shape index (κ3) is 7.03. The summed E-state index contributed by atoms with van der Waals surface area (Å²) in [5.41, 5.74) is 6.51. The average molecular weight is 402 g/mol. The highest BCUT2D eigenvalue weighted by atomic mass is 32.1. The highest BCUT2D eigenvalue weighted by Crippen LogP contribution is 2.16. The Morgan fingerprint density at radius 2 is 1.86 bits per heavy atom. The van der Waals surface area contributed by atoms with E-state index in [0.717, 1.165) is 17.9 Å². The van der Waals surface area contributed by atoms with Crippen molar-refractivity contribution in [2.75, 3.05) is 13.6 Å². The van der Waals surface area contributed by atoms with Gasteiger partial charge in [0.25, 0.3) is 5.91 Å². The van der Waals surface area contributed by atoms with E-state index in [2.05, 4.69) is 46.9 Å². The number of carbonyl (C=O) groups is 2. The quantitative estimate of drug-likeness (QED) is 0.398. The molecule has 0 saturated carbocycles. The highest BCUT2D eigenvalue weighted by molar-refractivity contribution is 7.11. The molecule has 1 aromatic heterocycles. The van der Waals surface area contributed by atoms with Crippen molar-refractivity contribution in [1.29, 1.82) is 0 Å². The summed E-state index contributed by atoms with van der Waals surface area (Å²) in [5, 5.41) is 9.13. The molecule has 0 radical (unpaired) electrons. The Kier molecular flexibility index (Phi) is 8.01. The Labute approximate surface area is 169 Å². The molecule has 150 valence electrons. The maximum absolute atomic E-state index is 11.9. The molecule has 0 fully saturated rings. The standard InChI is InChI=1S/C20H27N5O2S/c1-13(10-17-9-4-14(2)28-17)25-20(22-3)24-11-15-5-7-16(8-6-15)19(27)23-12-18(21)26/h4-9,13H,10-12H2,1-3H3,(H2,21,26)(H,23,27)(H2,22,24,25). The van der Waals surface area contributed by atoms with Crippen molar-refractivity contribution in [3.8, 4) is 0 Å². The van der Waals surface area contributed by atoms with Crippen LogP contribution in [0.1, 0.15) is 32.6 Å². The Bertz CT molecular complexity index is 829. The van der Waals surface area contributed by atoms with Crippen LogP contribution in [-0.4, -0.2) is 37.4 Å². The third-order valence-electron chi connectivity index (χ3n) is 4.01. The van der Waals surface area contributed by atoms with Crippen LogP contribution in [0.25, 0.3) is 0 Å². The van der Waals surface area contributed by atoms with E-state index in [9.17, 15) is 9.59 Å². The van der Waals surface area contributed by atoms with Crippen LogP contribution in [-0.2, 0) is 17.8 Å². The molecule has 2 amide bonds. The maximum Gasteiger partial charge on any atom is 0.251 e. The number of thiophene rings is 1. The zero-order chi connectivity index (χ0) is 20.5. The number of hydrogen-bond donors (Lipinski definition) is 4. The molecule has 0 spiro atoms. The van der Waals surface area contributed by atoms with Crippen LogP contribution < -0.4 is 21.7 Å². The highest BCUT2D eigenvalue weighted by Gasteiger charge is 2.09. The molecular formula is C20H27N5O2S. The first-order valence-electron chi connectivity index (χ1n) is 9.05. The lowest BCUT2D eigenvalue weighted by Gasteiger charge is -2.17. The molecule has 1 heterocycles. The molecule has 2 aromatic rings. The van der Waals surface area contributed by atoms with Gasteiger partial charge >= 0.3 is 0 Å². The molecule has 0 aliphatic carbocycles. The molecule has 1 atom stereocenters. The summed E-state index contributed by atoms with van der Waals surface area (Å²) in [6, 6.07) is 11.7. The first-order chi connectivity index (χ1) is 13.4. The van der Waals surface area contributed by atoms with Gasteiger partial charge in [0.15, 0.2) is 5.96 Å². The van der Waals surface area contributed by atoms with Crippen LogP contribution in [0.5, 0.6) is 0 Å². The molecule has 0 bridgehead atoms. The predicted octanol–water partition coefficient (Wildman–Crippen LogP) is 1.57. The van der Waals surface area contributed by atoms with E-state index in [1.165, 1.54) is 9.75 Å². The zero-order valence-electron chi connectivity index (χ0n) is 16.4. The van der Waals surface area contributed by atoms with Gasteiger partial charge in [-0.2, -0.15) is 0 Å². The van der Waals surface area contributed by atoms with Crippen LogP contribution in [0, 0.1) is 6.92 Å². The number of carbonyl (C=O) groups excluding carboxylic acids is 2. The number of nitrogens with one attached hydrogen (secondary N) is 3. The maximum atomic E-state index is 11.9. The van der Waals surface area contributed by atoms with Gasteiger partial charge in [-0.15, -0.1) is 11.3 Å². The fourth-order valence-electron chi connectivity index (χ4n) is 2.60. The minimum atomic E-state index is -0.573. The van der Waals surface area contributed by atoms with Gasteiger partial charge in [0.2, 0.25) is 5.91 Å². The minimum Gasteiger partial charge on any atom is -0.368 e. The van der Waals surface area contributed by atoms with Gasteiger partial charge < -0.3 is 21.7 Å². The van der Waals surface area contributed by atoms with Gasteiger partial charge in [-0.25, -0.2) is 0 Å². The molecule has 0 aliphatic heterocycles. The Morgan fingerprint density at radius 1 is 1.14 bits per heavy atom. The van der Waals surface area contributed by atoms with Crippen LogP contribution in [0.3, 0.4) is 0 Å². The molecule has 5 N–H and O–H groups in total. The summed E-state index contributed by atoms with van der Waals surface area (Å²) < 4.78 is 0. The summed E-state index contributed by atoms with van der Waals surface area (Å²) >= 11 is 1.81. The first-order valence-corrected chi connectivity index (χ1v) is 9.87. The lowest BCUT2D eigenvalue weighted by atomic mass is 10.1. The van der Waals surface area contributed by atoms with Crippen molar-refractivity contribution in [1.82, 2.24) is 16.0 Å². The van der Waals surface area contributed by atoms with E-state index in [-0.39, 0.29) is 18.5 Å². The average Bonchev–Trinajstić information content (AvgIpc) is 3.08. The summed E-state index contributed by atoms with van der Waals surface area (Å²) in [6.07, 6.45) is 0.939. The van der Waals surface area contributed by atoms with Crippen molar-refractivity contribution in [3.05, 3.63) is 57.3 Å². The molecule has 0 aliphatic rings. The summed E-state index contributed by atoms with van der Waals surface area (Å²) in [6.45, 7) is 4.64. The monoisotopic (exact) mass is 401 g/mol. The second-order valence-electron chi connectivity index (χ2n) is 6.53. The number of aryl methyl sites for hydroxylation is 1. The Morgan fingerprint density at radius 3 is 2.43 bits per heavy atom. The molecular weight excluding hydrogens is 374 g/mol. The van der Waals surface area contributed by atoms with Crippen molar-refractivity contribution in [3.63, 3.8) is 0 Å². The summed E-state index contributed by atoms with van der Waals surface area (Å²) in [7, 11) is 1.74. The molecule has 0 saturated heterocycles. The molecule has 2 rings (SSSR count). The fraction of sp³-hybridized carbons (Fsp3) is 0.350. The largest absolute Gasteiger partial charge is 0.368 e. The number of aliphatic imine (C=N–C) groups is 1. The van der Waals surface area contributed by atoms with E-state index >= 15 is 0 Å². The number of nitrogens with zero attached hydrogens (tertiary/aromatic N) is 1. The SMILES string of the molecule is CN=C(NCc1ccc(C(=O)NCC(N)=O)cc1)NC(C)Cc1ccc(C)s1. The van der Waals surface area contributed by atoms with Gasteiger partial charge in [0.1, 0.15) is 0 Å². The molecule has 1 aromatic carbocycles. The third-order valence-corrected chi connectivity index (χ3v) is 5.03. The minimum absolute atomic E-state index is 0.173. The van der Waals surface area contributed by atoms with Crippen LogP contribution in [0.2, 0.25) is 0 Å². The molecule has 8 heteroatoms. The van der Waals surface area contributed by atoms with Crippen molar-refractivity contribution in [2.24, 2.45) is 10.7 Å². The van der Waals surface area contributed by atoms with Crippen LogP contribution >= 0.6 is 11.3 Å². The molecule has 7 nitrogen and oxygen atoms in total. The van der Waals surface area contributed by atoms with Gasteiger partial charge in [0.05, 0.1) is 6.54 Å². The lowest BCUT2D eigenvalue weighted by molar-refractivity contribution is -0.117. The zero-order valence-corrected chi connectivity index (χ0v) is 17.2. The van der Waals surface area contributed by atoms with Crippen molar-refractivity contribution < 1.29 is 9.59 Å². The lowest BCUT2D eigenvalue weighted by Crippen LogP contribution is -2.42. The number of nitrogens with two attached hydrogens (primary N) is 1. The first kappa shape index (κ1) is 21.4. The van der Waals surface area contributed by atoms with Crippen LogP contribution in [0.15, 0.2) is 41.4 Å². The van der Waals surface area contributed by atoms with E-state index in [0.29, 0.717) is 12.1 Å². The van der Waals surface area contributed by atoms with E-state index in [4.69, 9.17) is 5.73 Å². The fourth-order valence-corrected chi connectivity index (χ4v) is 3.62. The second-order valence-corrected chi connectivity index (χ2v) is 7.91. The van der Waals surface area contributed by atoms with E-state index in [1.807, 2.05) is 23.5 Å². The van der Waals surface area contributed by atoms with Crippen molar-refractivity contribution >= 4 is 29.1 Å². The number of guanidine groups is 1. The van der Waals surface area contributed by atoms with E-state index < -0.39 is 5.91 Å². The summed E-state index contributed by atoms with van der Waals surface area (Å²) in [4.78, 5) is 29.5. The van der Waals surface area contributed by atoms with Crippen molar-refractivity contribution in [2.45, 2.75) is 32.9 Å². The Hall–Kier alpha value is -2.87. The molecule has 1 unspecified atom stereocenters. The number of rotatable bonds is 8. The topological polar surface area (TPSA) is 109 Å². The molecule has 28 heavy (non-hydrogen) atoms. The second kappa shape index (κ2) is 10.5. The normalized spacial score (nSPS) is 12.3. The number of hydrogen-bond acceptors (Lipinski definition) is 4. The number of primary amides is 1. The smallest absolute Gasteiger partial charge is 0.251 e. The van der Waals surface area contributed by atoms with Gasteiger partial charge in [-0.3, -0.25) is 14.6 Å². The van der Waals surface area contributed by atoms with Gasteiger partial charge in [-0.1, -0.05) is 12.1 Å². The van der Waals surface area contributed by atoms with Gasteiger partial charge in [0, 0.05) is 41.4 Å². The summed E-state index contributed by atoms with van der Waals surface area (Å²) in [5.74, 6) is -0.172. The van der Waals surface area contributed by atoms with Crippen LogP contribution in [0.4, 0.5) is 0 Å². The predicted molar refractivity (Wildman–Crippen MR) is 114 cm³/mol. The Balaban J connectivity index is 1.82. The van der Waals surface area contributed by atoms with E-state index in [1.54, 1.807) is 19.2 Å². The van der Waals surface area contributed by atoms with Gasteiger partial charge in [-0.05, 0) is 43.7 Å². The number of amides is 2. The number of benzene rings is 1.